The van der Waals surface area contributed by atoms with E-state index < -0.39 is 39.7 Å². The van der Waals surface area contributed by atoms with Crippen molar-refractivity contribution in [1.82, 2.24) is 0 Å². The van der Waals surface area contributed by atoms with E-state index in [1.807, 2.05) is 0 Å². The molecule has 0 atom stereocenters. The summed E-state index contributed by atoms with van der Waals surface area (Å²) in [6.45, 7) is 1.37. The molecule has 0 saturated heterocycles. The molecule has 1 aromatic rings. The van der Waals surface area contributed by atoms with Crippen molar-refractivity contribution in [3.05, 3.63) is 39.6 Å². The van der Waals surface area contributed by atoms with Crippen LogP contribution in [0.5, 0.6) is 5.75 Å². The van der Waals surface area contributed by atoms with Gasteiger partial charge in [0.1, 0.15) is 5.56 Å². The lowest BCUT2D eigenvalue weighted by Gasteiger charge is -2.14. The fourth-order valence-electron chi connectivity index (χ4n) is 1.43. The molecule has 0 amide bonds. The quantitative estimate of drug-likeness (QED) is 0.260. The molecule has 114 valence electrons. The number of nitrogen functional groups attached to an aromatic ring is 1. The number of halogens is 3. The SMILES string of the molecule is C/C(N)=C/C(=N)Oc1c([N+](=O)[O-])cc(N)cc1C(F)(F)F. The summed E-state index contributed by atoms with van der Waals surface area (Å²) < 4.78 is 43.4. The molecule has 0 saturated carbocycles. The van der Waals surface area contributed by atoms with Crippen LogP contribution >= 0.6 is 0 Å². The van der Waals surface area contributed by atoms with Crippen LogP contribution in [0.4, 0.5) is 24.5 Å². The summed E-state index contributed by atoms with van der Waals surface area (Å²) in [5.41, 5.74) is 7.70. The number of ether oxygens (including phenoxy) is 1. The van der Waals surface area contributed by atoms with Gasteiger partial charge in [-0.3, -0.25) is 15.5 Å². The molecule has 0 aliphatic carbocycles. The molecule has 0 unspecified atom stereocenters. The molecule has 0 aromatic heterocycles. The number of rotatable bonds is 3. The lowest BCUT2D eigenvalue weighted by molar-refractivity contribution is -0.385. The lowest BCUT2D eigenvalue weighted by Crippen LogP contribution is -2.14. The van der Waals surface area contributed by atoms with E-state index in [1.54, 1.807) is 0 Å². The van der Waals surface area contributed by atoms with E-state index in [2.05, 4.69) is 4.74 Å². The number of nitrogens with zero attached hydrogens (tertiary/aromatic N) is 1. The summed E-state index contributed by atoms with van der Waals surface area (Å²) in [5, 5.41) is 18.2. The maximum Gasteiger partial charge on any atom is 0.420 e. The Bertz CT molecular complexity index is 622. The first-order valence-corrected chi connectivity index (χ1v) is 5.37. The second-order valence-corrected chi connectivity index (χ2v) is 4.03. The van der Waals surface area contributed by atoms with E-state index in [9.17, 15) is 23.3 Å². The third-order valence-electron chi connectivity index (χ3n) is 2.16. The molecule has 10 heteroatoms. The highest BCUT2D eigenvalue weighted by molar-refractivity contribution is 5.88. The van der Waals surface area contributed by atoms with Crippen LogP contribution in [0.1, 0.15) is 12.5 Å². The summed E-state index contributed by atoms with van der Waals surface area (Å²) >= 11 is 0. The largest absolute Gasteiger partial charge is 0.432 e. The van der Waals surface area contributed by atoms with Gasteiger partial charge in [0, 0.05) is 23.5 Å². The predicted octanol–water partition coefficient (Wildman–Crippen LogP) is 2.41. The van der Waals surface area contributed by atoms with E-state index in [0.29, 0.717) is 6.07 Å². The second-order valence-electron chi connectivity index (χ2n) is 4.03. The number of nitro groups is 1. The van der Waals surface area contributed by atoms with Crippen molar-refractivity contribution in [3.8, 4) is 5.75 Å². The zero-order valence-corrected chi connectivity index (χ0v) is 10.7. The number of nitrogens with two attached hydrogens (primary N) is 2. The van der Waals surface area contributed by atoms with Gasteiger partial charge in [0.15, 0.2) is 0 Å². The molecule has 0 heterocycles. The molecule has 0 fully saturated rings. The van der Waals surface area contributed by atoms with E-state index in [-0.39, 0.29) is 5.70 Å². The minimum absolute atomic E-state index is 0.0895. The monoisotopic (exact) mass is 304 g/mol. The van der Waals surface area contributed by atoms with Crippen LogP contribution in [0.25, 0.3) is 0 Å². The molecule has 21 heavy (non-hydrogen) atoms. The molecule has 1 rings (SSSR count). The van der Waals surface area contributed by atoms with Gasteiger partial charge in [-0.2, -0.15) is 13.2 Å². The first-order chi connectivity index (χ1) is 9.52. The fourth-order valence-corrected chi connectivity index (χ4v) is 1.43. The first-order valence-electron chi connectivity index (χ1n) is 5.37. The molecule has 1 aromatic carbocycles. The number of nitro benzene ring substituents is 1. The second kappa shape index (κ2) is 5.69. The van der Waals surface area contributed by atoms with E-state index >= 15 is 0 Å². The Hall–Kier alpha value is -2.78. The molecule has 0 aliphatic heterocycles. The Morgan fingerprint density at radius 1 is 1.48 bits per heavy atom. The van der Waals surface area contributed by atoms with Gasteiger partial charge in [-0.05, 0) is 13.0 Å². The standard InChI is InChI=1S/C11H11F3N4O3/c1-5(15)2-9(17)21-10-7(11(12,13)14)3-6(16)4-8(10)18(19)20/h2-4,17H,15-16H2,1H3/b5-2-,17-9?. The van der Waals surface area contributed by atoms with Crippen LogP contribution in [0, 0.1) is 15.5 Å². The molecular weight excluding hydrogens is 293 g/mol. The van der Waals surface area contributed by atoms with Crippen molar-refractivity contribution in [1.29, 1.82) is 5.41 Å². The van der Waals surface area contributed by atoms with E-state index in [1.165, 1.54) is 6.92 Å². The number of hydrogen-bond acceptors (Lipinski definition) is 6. The third-order valence-corrected chi connectivity index (χ3v) is 2.16. The van der Waals surface area contributed by atoms with Gasteiger partial charge in [-0.15, -0.1) is 0 Å². The van der Waals surface area contributed by atoms with Gasteiger partial charge in [0.05, 0.1) is 4.92 Å². The Morgan fingerprint density at radius 3 is 2.48 bits per heavy atom. The summed E-state index contributed by atoms with van der Waals surface area (Å²) in [6.07, 6.45) is -4.02. The average Bonchev–Trinajstić information content (AvgIpc) is 2.28. The van der Waals surface area contributed by atoms with Crippen molar-refractivity contribution in [3.63, 3.8) is 0 Å². The van der Waals surface area contributed by atoms with E-state index in [0.717, 1.165) is 12.1 Å². The summed E-state index contributed by atoms with van der Waals surface area (Å²) in [7, 11) is 0. The highest BCUT2D eigenvalue weighted by Gasteiger charge is 2.39. The molecule has 0 bridgehead atoms. The van der Waals surface area contributed by atoms with E-state index in [4.69, 9.17) is 16.9 Å². The highest BCUT2D eigenvalue weighted by Crippen LogP contribution is 2.43. The lowest BCUT2D eigenvalue weighted by atomic mass is 10.1. The molecular formula is C11H11F3N4O3. The molecule has 0 radical (unpaired) electrons. The zero-order valence-electron chi connectivity index (χ0n) is 10.7. The van der Waals surface area contributed by atoms with Crippen LogP contribution in [-0.2, 0) is 6.18 Å². The smallest absolute Gasteiger partial charge is 0.420 e. The summed E-state index contributed by atoms with van der Waals surface area (Å²) in [6, 6.07) is 1.21. The molecule has 0 spiro atoms. The predicted molar refractivity (Wildman–Crippen MR) is 68.8 cm³/mol. The zero-order chi connectivity index (χ0) is 16.4. The van der Waals surface area contributed by atoms with Crippen LogP contribution in [0.3, 0.4) is 0 Å². The van der Waals surface area contributed by atoms with Gasteiger partial charge >= 0.3 is 11.9 Å². The van der Waals surface area contributed by atoms with Crippen molar-refractivity contribution < 1.29 is 22.8 Å². The average molecular weight is 304 g/mol. The van der Waals surface area contributed by atoms with Crippen molar-refractivity contribution in [2.45, 2.75) is 13.1 Å². The van der Waals surface area contributed by atoms with Crippen LogP contribution in [0.15, 0.2) is 23.9 Å². The Morgan fingerprint density at radius 2 is 2.05 bits per heavy atom. The Kier molecular flexibility index (Phi) is 4.41. The van der Waals surface area contributed by atoms with Gasteiger partial charge in [0.2, 0.25) is 11.6 Å². The van der Waals surface area contributed by atoms with Crippen LogP contribution in [-0.4, -0.2) is 10.8 Å². The topological polar surface area (TPSA) is 128 Å². The number of anilines is 1. The normalized spacial score (nSPS) is 12.1. The number of hydrogen-bond donors (Lipinski definition) is 3. The molecule has 7 nitrogen and oxygen atoms in total. The van der Waals surface area contributed by atoms with Crippen molar-refractivity contribution >= 4 is 17.3 Å². The maximum absolute atomic E-state index is 12.9. The first kappa shape index (κ1) is 16.3. The fraction of sp³-hybridized carbons (Fsp3) is 0.182. The van der Waals surface area contributed by atoms with Gasteiger partial charge < -0.3 is 16.2 Å². The van der Waals surface area contributed by atoms with Crippen molar-refractivity contribution in [2.24, 2.45) is 5.73 Å². The minimum atomic E-state index is -4.93. The third kappa shape index (κ3) is 4.09. The number of nitrogens with one attached hydrogen (secondary N) is 1. The molecule has 5 N–H and O–H groups in total. The minimum Gasteiger partial charge on any atom is -0.432 e. The van der Waals surface area contributed by atoms with Gasteiger partial charge in [-0.1, -0.05) is 0 Å². The number of alkyl halides is 3. The highest BCUT2D eigenvalue weighted by atomic mass is 19.4. The van der Waals surface area contributed by atoms with Crippen LogP contribution < -0.4 is 16.2 Å². The summed E-state index contributed by atoms with van der Waals surface area (Å²) in [5.74, 6) is -1.88. The van der Waals surface area contributed by atoms with Crippen LogP contribution in [0.2, 0.25) is 0 Å². The number of benzene rings is 1. The molecule has 0 aliphatic rings. The van der Waals surface area contributed by atoms with Crippen molar-refractivity contribution in [2.75, 3.05) is 5.73 Å². The summed E-state index contributed by atoms with van der Waals surface area (Å²) in [4.78, 5) is 9.77. The Balaban J connectivity index is 3.48. The Labute approximate surface area is 116 Å². The van der Waals surface area contributed by atoms with Gasteiger partial charge in [-0.25, -0.2) is 0 Å². The number of allylic oxidation sites excluding steroid dienone is 1. The maximum atomic E-state index is 12.9. The van der Waals surface area contributed by atoms with Gasteiger partial charge in [0.25, 0.3) is 0 Å².